The molecule has 0 amide bonds. The third-order valence-electron chi connectivity index (χ3n) is 1.20. The average Bonchev–Trinajstić information content (AvgIpc) is 1.86. The molecule has 1 unspecified atom stereocenters. The molecule has 3 N–H and O–H groups in total. The van der Waals surface area contributed by atoms with Gasteiger partial charge >= 0.3 is 0 Å². The van der Waals surface area contributed by atoms with Crippen molar-refractivity contribution in [2.45, 2.75) is 24.7 Å². The van der Waals surface area contributed by atoms with Crippen LogP contribution in [0.15, 0.2) is 0 Å². The van der Waals surface area contributed by atoms with Crippen LogP contribution in [0.25, 0.3) is 0 Å². The third kappa shape index (κ3) is 5.14. The SMILES string of the molecule is O=S(=O)(O)C(O)CCCCO. The van der Waals surface area contributed by atoms with E-state index in [0.29, 0.717) is 12.8 Å². The van der Waals surface area contributed by atoms with Crippen molar-refractivity contribution in [3.63, 3.8) is 0 Å². The van der Waals surface area contributed by atoms with Crippen LogP contribution in [0.5, 0.6) is 0 Å². The first-order valence-corrected chi connectivity index (χ1v) is 4.74. The van der Waals surface area contributed by atoms with E-state index >= 15 is 0 Å². The molecule has 0 radical (unpaired) electrons. The van der Waals surface area contributed by atoms with Gasteiger partial charge in [0.25, 0.3) is 10.1 Å². The molecule has 0 aliphatic heterocycles. The molecule has 68 valence electrons. The minimum absolute atomic E-state index is 0.0423. The molecule has 0 saturated heterocycles. The molecule has 0 aromatic carbocycles. The number of hydrogen-bond donors (Lipinski definition) is 3. The highest BCUT2D eigenvalue weighted by Crippen LogP contribution is 2.04. The van der Waals surface area contributed by atoms with E-state index in [1.54, 1.807) is 0 Å². The van der Waals surface area contributed by atoms with Gasteiger partial charge in [-0.3, -0.25) is 4.55 Å². The predicted octanol–water partition coefficient (Wildman–Crippen LogP) is -0.645. The van der Waals surface area contributed by atoms with E-state index in [4.69, 9.17) is 14.8 Å². The summed E-state index contributed by atoms with van der Waals surface area (Å²) in [6, 6.07) is 0. The van der Waals surface area contributed by atoms with Gasteiger partial charge in [0.2, 0.25) is 0 Å². The molecule has 0 aliphatic rings. The number of aliphatic hydroxyl groups is 2. The number of unbranched alkanes of at least 4 members (excludes halogenated alkanes) is 1. The van der Waals surface area contributed by atoms with Crippen LogP contribution in [0.2, 0.25) is 0 Å². The molecule has 1 atom stereocenters. The molecule has 0 bridgehead atoms. The summed E-state index contributed by atoms with van der Waals surface area (Å²) < 4.78 is 28.6. The van der Waals surface area contributed by atoms with Gasteiger partial charge in [0, 0.05) is 6.61 Å². The van der Waals surface area contributed by atoms with E-state index in [1.807, 2.05) is 0 Å². The Bertz CT molecular complexity index is 185. The van der Waals surface area contributed by atoms with Gasteiger partial charge in [0.05, 0.1) is 0 Å². The highest BCUT2D eigenvalue weighted by molar-refractivity contribution is 7.86. The largest absolute Gasteiger partial charge is 0.396 e. The molecule has 0 spiro atoms. The zero-order valence-corrected chi connectivity index (χ0v) is 6.79. The maximum atomic E-state index is 10.2. The number of rotatable bonds is 5. The highest BCUT2D eigenvalue weighted by atomic mass is 32.2. The molecule has 11 heavy (non-hydrogen) atoms. The van der Waals surface area contributed by atoms with Crippen molar-refractivity contribution in [1.82, 2.24) is 0 Å². The standard InChI is InChI=1S/C5H12O5S/c6-4-2-1-3-5(7)11(8,9)10/h5-7H,1-4H2,(H,8,9,10). The lowest BCUT2D eigenvalue weighted by atomic mass is 10.2. The summed E-state index contributed by atoms with van der Waals surface area (Å²) in [7, 11) is -4.31. The predicted molar refractivity (Wildman–Crippen MR) is 38.5 cm³/mol. The van der Waals surface area contributed by atoms with E-state index in [9.17, 15) is 8.42 Å². The average molecular weight is 184 g/mol. The molecule has 0 aromatic heterocycles. The Labute approximate surface area is 65.4 Å². The fraction of sp³-hybridized carbons (Fsp3) is 1.00. The maximum absolute atomic E-state index is 10.2. The Balaban J connectivity index is 3.62. The summed E-state index contributed by atoms with van der Waals surface area (Å²) in [5.41, 5.74) is -1.71. The van der Waals surface area contributed by atoms with Crippen molar-refractivity contribution in [3.8, 4) is 0 Å². The minimum atomic E-state index is -4.31. The summed E-state index contributed by atoms with van der Waals surface area (Å²) in [5.74, 6) is 0. The molecule has 0 aliphatic carbocycles. The number of aliphatic hydroxyl groups excluding tert-OH is 2. The van der Waals surface area contributed by atoms with Crippen LogP contribution in [-0.2, 0) is 10.1 Å². The topological polar surface area (TPSA) is 94.8 Å². The Morgan fingerprint density at radius 1 is 1.27 bits per heavy atom. The second kappa shape index (κ2) is 4.66. The lowest BCUT2D eigenvalue weighted by Crippen LogP contribution is -2.19. The molecule has 0 fully saturated rings. The van der Waals surface area contributed by atoms with Crippen LogP contribution in [0.1, 0.15) is 19.3 Å². The van der Waals surface area contributed by atoms with Crippen molar-refractivity contribution in [3.05, 3.63) is 0 Å². The first-order valence-electron chi connectivity index (χ1n) is 3.23. The second-order valence-electron chi connectivity index (χ2n) is 2.19. The van der Waals surface area contributed by atoms with Crippen molar-refractivity contribution in [2.75, 3.05) is 6.61 Å². The first-order chi connectivity index (χ1) is 4.98. The van der Waals surface area contributed by atoms with Gasteiger partial charge in [-0.1, -0.05) is 0 Å². The smallest absolute Gasteiger partial charge is 0.291 e. The quantitative estimate of drug-likeness (QED) is 0.390. The van der Waals surface area contributed by atoms with Crippen LogP contribution in [0.4, 0.5) is 0 Å². The molecule has 0 saturated carbocycles. The monoisotopic (exact) mass is 184 g/mol. The van der Waals surface area contributed by atoms with Crippen molar-refractivity contribution in [1.29, 1.82) is 0 Å². The normalized spacial score (nSPS) is 14.8. The van der Waals surface area contributed by atoms with Gasteiger partial charge in [-0.15, -0.1) is 0 Å². The molecule has 6 heteroatoms. The second-order valence-corrected chi connectivity index (χ2v) is 3.76. The minimum Gasteiger partial charge on any atom is -0.396 e. The third-order valence-corrected chi connectivity index (χ3v) is 2.13. The van der Waals surface area contributed by atoms with E-state index in [2.05, 4.69) is 0 Å². The van der Waals surface area contributed by atoms with Crippen molar-refractivity contribution in [2.24, 2.45) is 0 Å². The van der Waals surface area contributed by atoms with Gasteiger partial charge in [-0.05, 0) is 19.3 Å². The fourth-order valence-corrected chi connectivity index (χ4v) is 1.04. The fourth-order valence-electron chi connectivity index (χ4n) is 0.580. The zero-order valence-electron chi connectivity index (χ0n) is 5.97. The summed E-state index contributed by atoms with van der Waals surface area (Å²) in [5, 5.41) is 17.0. The molecule has 0 rings (SSSR count). The van der Waals surface area contributed by atoms with Crippen LogP contribution < -0.4 is 0 Å². The Hall–Kier alpha value is -0.170. The molecule has 5 nitrogen and oxygen atoms in total. The van der Waals surface area contributed by atoms with Gasteiger partial charge in [0.1, 0.15) is 0 Å². The Kier molecular flexibility index (Phi) is 4.58. The summed E-state index contributed by atoms with van der Waals surface area (Å²) in [4.78, 5) is 0. The molecule has 0 aromatic rings. The molecule has 0 heterocycles. The summed E-state index contributed by atoms with van der Waals surface area (Å²) in [6.07, 6.45) is 0.753. The maximum Gasteiger partial charge on any atom is 0.291 e. The zero-order chi connectivity index (χ0) is 8.91. The summed E-state index contributed by atoms with van der Waals surface area (Å²) in [6.45, 7) is -0.0435. The van der Waals surface area contributed by atoms with Gasteiger partial charge in [-0.25, -0.2) is 0 Å². The van der Waals surface area contributed by atoms with E-state index in [-0.39, 0.29) is 13.0 Å². The lowest BCUT2D eigenvalue weighted by Gasteiger charge is -2.04. The van der Waals surface area contributed by atoms with E-state index < -0.39 is 15.6 Å². The number of hydrogen-bond acceptors (Lipinski definition) is 4. The Morgan fingerprint density at radius 3 is 2.18 bits per heavy atom. The molecular weight excluding hydrogens is 172 g/mol. The van der Waals surface area contributed by atoms with Crippen molar-refractivity contribution >= 4 is 10.1 Å². The van der Waals surface area contributed by atoms with Gasteiger partial charge < -0.3 is 10.2 Å². The molecular formula is C5H12O5S. The lowest BCUT2D eigenvalue weighted by molar-refractivity contribution is 0.211. The van der Waals surface area contributed by atoms with Crippen molar-refractivity contribution < 1.29 is 23.2 Å². The highest BCUT2D eigenvalue weighted by Gasteiger charge is 2.17. The summed E-state index contributed by atoms with van der Waals surface area (Å²) >= 11 is 0. The van der Waals surface area contributed by atoms with E-state index in [1.165, 1.54) is 0 Å². The van der Waals surface area contributed by atoms with Crippen LogP contribution in [0, 0.1) is 0 Å². The van der Waals surface area contributed by atoms with Gasteiger partial charge in [-0.2, -0.15) is 8.42 Å². The first kappa shape index (κ1) is 10.8. The van der Waals surface area contributed by atoms with E-state index in [0.717, 1.165) is 0 Å². The van der Waals surface area contributed by atoms with Crippen LogP contribution in [0.3, 0.4) is 0 Å². The van der Waals surface area contributed by atoms with Crippen LogP contribution >= 0.6 is 0 Å². The van der Waals surface area contributed by atoms with Crippen LogP contribution in [-0.4, -0.2) is 35.2 Å². The Morgan fingerprint density at radius 2 is 1.82 bits per heavy atom. The van der Waals surface area contributed by atoms with Gasteiger partial charge in [0.15, 0.2) is 5.44 Å².